The number of rotatable bonds is 7. The van der Waals surface area contributed by atoms with Crippen LogP contribution in [0.1, 0.15) is 39.0 Å². The molecule has 2 aliphatic heterocycles. The Kier molecular flexibility index (Phi) is 7.78. The number of ether oxygens (including phenoxy) is 1. The maximum atomic E-state index is 13.0. The molecule has 3 atom stereocenters. The van der Waals surface area contributed by atoms with E-state index in [0.717, 1.165) is 79.9 Å². The Bertz CT molecular complexity index is 1340. The number of aromatic nitrogens is 4. The Hall–Kier alpha value is -3.05. The van der Waals surface area contributed by atoms with Gasteiger partial charge in [-0.1, -0.05) is 6.07 Å². The highest BCUT2D eigenvalue weighted by molar-refractivity contribution is 7.85. The minimum Gasteiger partial charge on any atom is -0.493 e. The third-order valence-electron chi connectivity index (χ3n) is 8.17. The third-order valence-corrected chi connectivity index (χ3v) is 9.71. The molecule has 10 nitrogen and oxygen atoms in total. The zero-order valence-electron chi connectivity index (χ0n) is 22.4. The predicted octanol–water partition coefficient (Wildman–Crippen LogP) is 2.75. The lowest BCUT2D eigenvalue weighted by atomic mass is 9.85. The first-order chi connectivity index (χ1) is 19.0. The zero-order chi connectivity index (χ0) is 26.8. The van der Waals surface area contributed by atoms with E-state index in [9.17, 15) is 9.00 Å². The van der Waals surface area contributed by atoms with Crippen LogP contribution in [0.5, 0.6) is 5.75 Å². The molecule has 3 aliphatic rings. The largest absolute Gasteiger partial charge is 0.493 e. The molecule has 208 valence electrons. The van der Waals surface area contributed by atoms with Crippen LogP contribution < -0.4 is 15.4 Å². The number of fused-ring (bicyclic) bond motifs is 1. The van der Waals surface area contributed by atoms with Crippen molar-refractivity contribution in [2.45, 2.75) is 51.1 Å². The minimum atomic E-state index is -0.706. The van der Waals surface area contributed by atoms with Crippen molar-refractivity contribution in [1.29, 1.82) is 0 Å². The highest BCUT2D eigenvalue weighted by Gasteiger charge is 2.31. The number of hydrogen-bond acceptors (Lipinski definition) is 8. The Morgan fingerprint density at radius 2 is 2.08 bits per heavy atom. The fourth-order valence-corrected chi connectivity index (χ4v) is 7.55. The summed E-state index contributed by atoms with van der Waals surface area (Å²) in [5.74, 6) is 4.30. The molecule has 1 amide bonds. The highest BCUT2D eigenvalue weighted by Crippen LogP contribution is 2.30. The fourth-order valence-electron chi connectivity index (χ4n) is 5.99. The van der Waals surface area contributed by atoms with E-state index in [4.69, 9.17) is 9.72 Å². The molecule has 1 saturated carbocycles. The number of carbonyl (C=O) groups is 1. The van der Waals surface area contributed by atoms with Gasteiger partial charge in [-0.25, -0.2) is 9.67 Å². The van der Waals surface area contributed by atoms with Crippen molar-refractivity contribution in [3.8, 4) is 11.6 Å². The van der Waals surface area contributed by atoms with E-state index in [2.05, 4.69) is 27.6 Å². The maximum absolute atomic E-state index is 13.0. The summed E-state index contributed by atoms with van der Waals surface area (Å²) in [5.41, 5.74) is 0.911. The SMILES string of the molecule is C[C@H]1CN(C(=O)C2CCC(Nc3nccc(-n4ncc5c(OCC6CCS(=O)C6)cccc54)n3)CC2)CCN1. The first-order valence-corrected chi connectivity index (χ1v) is 15.6. The number of piperazine rings is 1. The van der Waals surface area contributed by atoms with E-state index < -0.39 is 10.8 Å². The number of amides is 1. The van der Waals surface area contributed by atoms with Gasteiger partial charge in [0.1, 0.15) is 5.75 Å². The standard InChI is InChI=1S/C28H37N7O3S/c1-19-16-34(13-12-29-19)27(36)21-5-7-22(8-6-21)32-28-30-11-9-26(33-28)35-24-3-2-4-25(23(24)15-31-35)38-17-20-10-14-39(37)18-20/h2-4,9,11,15,19-22,29H,5-8,10,12-14,16-18H2,1H3,(H,30,32,33)/t19-,20?,21?,22?,39?/m0/s1. The lowest BCUT2D eigenvalue weighted by molar-refractivity contribution is -0.137. The molecule has 2 unspecified atom stereocenters. The van der Waals surface area contributed by atoms with Gasteiger partial charge >= 0.3 is 0 Å². The van der Waals surface area contributed by atoms with E-state index in [1.54, 1.807) is 6.20 Å². The van der Waals surface area contributed by atoms with Crippen LogP contribution in [0, 0.1) is 11.8 Å². The Morgan fingerprint density at radius 1 is 1.21 bits per heavy atom. The molecule has 2 N–H and O–H groups in total. The average Bonchev–Trinajstić information content (AvgIpc) is 3.58. The second kappa shape index (κ2) is 11.6. The lowest BCUT2D eigenvalue weighted by Gasteiger charge is -2.36. The summed E-state index contributed by atoms with van der Waals surface area (Å²) >= 11 is 0. The van der Waals surface area contributed by atoms with Crippen LogP contribution in [-0.2, 0) is 15.6 Å². The quantitative estimate of drug-likeness (QED) is 0.461. The zero-order valence-corrected chi connectivity index (χ0v) is 23.2. The number of anilines is 1. The van der Waals surface area contributed by atoms with Crippen LogP contribution in [0.4, 0.5) is 5.95 Å². The number of carbonyl (C=O) groups excluding carboxylic acids is 1. The molecule has 6 rings (SSSR count). The molecule has 4 heterocycles. The van der Waals surface area contributed by atoms with Crippen LogP contribution in [0.2, 0.25) is 0 Å². The van der Waals surface area contributed by atoms with E-state index in [0.29, 0.717) is 36.2 Å². The van der Waals surface area contributed by atoms with E-state index >= 15 is 0 Å². The van der Waals surface area contributed by atoms with Crippen molar-refractivity contribution < 1.29 is 13.7 Å². The highest BCUT2D eigenvalue weighted by atomic mass is 32.2. The summed E-state index contributed by atoms with van der Waals surface area (Å²) in [5, 5.41) is 12.4. The molecule has 1 aromatic carbocycles. The number of nitrogens with zero attached hydrogens (tertiary/aromatic N) is 5. The number of hydrogen-bond donors (Lipinski definition) is 2. The molecule has 0 bridgehead atoms. The van der Waals surface area contributed by atoms with Gasteiger partial charge in [-0.05, 0) is 51.2 Å². The van der Waals surface area contributed by atoms with Crippen molar-refractivity contribution >= 4 is 33.6 Å². The molecule has 0 spiro atoms. The summed E-state index contributed by atoms with van der Waals surface area (Å²) in [6.07, 6.45) is 8.13. The normalized spacial score (nSPS) is 27.5. The van der Waals surface area contributed by atoms with Crippen LogP contribution >= 0.6 is 0 Å². The van der Waals surface area contributed by atoms with E-state index in [1.807, 2.05) is 40.0 Å². The molecule has 39 heavy (non-hydrogen) atoms. The summed E-state index contributed by atoms with van der Waals surface area (Å²) in [4.78, 5) is 24.3. The van der Waals surface area contributed by atoms with Crippen LogP contribution in [-0.4, -0.2) is 84.6 Å². The van der Waals surface area contributed by atoms with Crippen molar-refractivity contribution in [2.75, 3.05) is 43.1 Å². The molecule has 11 heteroatoms. The molecule has 2 aromatic heterocycles. The van der Waals surface area contributed by atoms with Gasteiger partial charge in [-0.2, -0.15) is 10.1 Å². The topological polar surface area (TPSA) is 114 Å². The maximum Gasteiger partial charge on any atom is 0.225 e. The molecule has 2 saturated heterocycles. The smallest absolute Gasteiger partial charge is 0.225 e. The summed E-state index contributed by atoms with van der Waals surface area (Å²) < 4.78 is 19.6. The Labute approximate surface area is 231 Å². The molecular formula is C28H37N7O3S. The van der Waals surface area contributed by atoms with Crippen LogP contribution in [0.3, 0.4) is 0 Å². The lowest BCUT2D eigenvalue weighted by Crippen LogP contribution is -2.53. The minimum absolute atomic E-state index is 0.114. The van der Waals surface area contributed by atoms with Gasteiger partial charge in [0.05, 0.1) is 23.7 Å². The molecule has 0 radical (unpaired) electrons. The average molecular weight is 552 g/mol. The van der Waals surface area contributed by atoms with Gasteiger partial charge in [-0.15, -0.1) is 0 Å². The Balaban J connectivity index is 1.08. The van der Waals surface area contributed by atoms with Crippen LogP contribution in [0.15, 0.2) is 36.7 Å². The van der Waals surface area contributed by atoms with Crippen molar-refractivity contribution in [1.82, 2.24) is 30.0 Å². The predicted molar refractivity (Wildman–Crippen MR) is 152 cm³/mol. The van der Waals surface area contributed by atoms with Gasteiger partial charge in [0.2, 0.25) is 11.9 Å². The van der Waals surface area contributed by atoms with E-state index in [1.165, 1.54) is 0 Å². The molecule has 3 aromatic rings. The molecular weight excluding hydrogens is 514 g/mol. The third kappa shape index (κ3) is 5.94. The summed E-state index contributed by atoms with van der Waals surface area (Å²) in [6, 6.07) is 8.38. The summed E-state index contributed by atoms with van der Waals surface area (Å²) in [6.45, 7) is 5.19. The van der Waals surface area contributed by atoms with Gasteiger partial charge in [0.25, 0.3) is 0 Å². The second-order valence-electron chi connectivity index (χ2n) is 11.1. The van der Waals surface area contributed by atoms with Crippen molar-refractivity contribution in [3.05, 3.63) is 36.7 Å². The molecule has 1 aliphatic carbocycles. The molecule has 3 fully saturated rings. The monoisotopic (exact) mass is 551 g/mol. The Morgan fingerprint density at radius 3 is 2.87 bits per heavy atom. The first kappa shape index (κ1) is 26.2. The second-order valence-corrected chi connectivity index (χ2v) is 12.7. The van der Waals surface area contributed by atoms with Gasteiger partial charge in [-0.3, -0.25) is 9.00 Å². The van der Waals surface area contributed by atoms with Crippen molar-refractivity contribution in [3.63, 3.8) is 0 Å². The van der Waals surface area contributed by atoms with Crippen LogP contribution in [0.25, 0.3) is 16.7 Å². The van der Waals surface area contributed by atoms with Gasteiger partial charge < -0.3 is 20.3 Å². The number of nitrogens with one attached hydrogen (secondary N) is 2. The van der Waals surface area contributed by atoms with E-state index in [-0.39, 0.29) is 12.0 Å². The number of benzene rings is 1. The van der Waals surface area contributed by atoms with Crippen molar-refractivity contribution in [2.24, 2.45) is 11.8 Å². The fraction of sp³-hybridized carbons (Fsp3) is 0.571. The summed E-state index contributed by atoms with van der Waals surface area (Å²) in [7, 11) is -0.706. The van der Waals surface area contributed by atoms with Gasteiger partial charge in [0.15, 0.2) is 5.82 Å². The van der Waals surface area contributed by atoms with Gasteiger partial charge in [0, 0.05) is 78.1 Å². The first-order valence-electron chi connectivity index (χ1n) is 14.1.